The van der Waals surface area contributed by atoms with Gasteiger partial charge in [0.05, 0.1) is 0 Å². The number of aliphatic hydroxyl groups excluding tert-OH is 3. The number of allylic oxidation sites excluding steroid dienone is 4. The van der Waals surface area contributed by atoms with Gasteiger partial charge in [0, 0.05) is 0 Å². The Morgan fingerprint density at radius 2 is 1.34 bits per heavy atom. The van der Waals surface area contributed by atoms with Crippen molar-refractivity contribution in [3.8, 4) is 11.5 Å². The fraction of sp³-hybridized carbons (Fsp3) is 0.292. The zero-order valence-electron chi connectivity index (χ0n) is 17.6. The van der Waals surface area contributed by atoms with Crippen LogP contribution < -0.4 is 4.74 Å². The molecule has 0 spiro atoms. The number of aliphatic hydroxyl groups is 3. The van der Waals surface area contributed by atoms with Crippen LogP contribution in [0.5, 0.6) is 11.5 Å². The monoisotopic (exact) mass is 442 g/mol. The van der Waals surface area contributed by atoms with Crippen molar-refractivity contribution in [3.63, 3.8) is 0 Å². The van der Waals surface area contributed by atoms with E-state index in [-0.39, 0.29) is 11.5 Å². The fourth-order valence-electron chi connectivity index (χ4n) is 3.59. The van der Waals surface area contributed by atoms with Gasteiger partial charge >= 0.3 is 5.97 Å². The number of carbonyl (C=O) groups is 1. The summed E-state index contributed by atoms with van der Waals surface area (Å²) in [6, 6.07) is 13.7. The minimum absolute atomic E-state index is 0.183. The number of carboxylic acids is 1. The van der Waals surface area contributed by atoms with Crippen LogP contribution in [-0.2, 0) is 9.53 Å². The van der Waals surface area contributed by atoms with Crippen LogP contribution in [0.15, 0.2) is 60.7 Å². The third-order valence-electron chi connectivity index (χ3n) is 5.28. The van der Waals surface area contributed by atoms with Crippen molar-refractivity contribution in [2.24, 2.45) is 0 Å². The van der Waals surface area contributed by atoms with Gasteiger partial charge in [-0.05, 0) is 60.4 Å². The largest absolute Gasteiger partial charge is 0.508 e. The van der Waals surface area contributed by atoms with Gasteiger partial charge in [0.1, 0.15) is 29.8 Å². The number of hydrogen-bond acceptors (Lipinski definition) is 7. The molecule has 1 fully saturated rings. The standard InChI is InChI=1S/C24H26O8/c1-3-17(13-5-9-15(25)10-6-13)18(4-2)14-7-11-16(12-8-14)31-24-21(28)19(26)20(27)22(32-24)23(29)30/h3-12,19-22,24-28H,1-2H3,(H,29,30). The van der Waals surface area contributed by atoms with E-state index in [1.807, 2.05) is 38.1 Å². The number of rotatable bonds is 6. The highest BCUT2D eigenvalue weighted by Crippen LogP contribution is 2.33. The number of ether oxygens (including phenoxy) is 2. The zero-order valence-corrected chi connectivity index (χ0v) is 17.6. The van der Waals surface area contributed by atoms with Crippen molar-refractivity contribution in [3.05, 3.63) is 71.8 Å². The second kappa shape index (κ2) is 9.97. The second-order valence-corrected chi connectivity index (χ2v) is 7.33. The molecule has 0 amide bonds. The molecule has 0 bridgehead atoms. The first kappa shape index (κ1) is 23.5. The van der Waals surface area contributed by atoms with Gasteiger partial charge in [0.2, 0.25) is 6.29 Å². The molecule has 0 radical (unpaired) electrons. The molecule has 0 aromatic heterocycles. The van der Waals surface area contributed by atoms with Crippen molar-refractivity contribution in [1.82, 2.24) is 0 Å². The minimum atomic E-state index is -1.78. The Morgan fingerprint density at radius 1 is 0.844 bits per heavy atom. The normalized spacial score (nSPS) is 26.6. The summed E-state index contributed by atoms with van der Waals surface area (Å²) in [4.78, 5) is 11.2. The number of benzene rings is 2. The van der Waals surface area contributed by atoms with Gasteiger partial charge in [0.25, 0.3) is 0 Å². The Labute approximate surface area is 185 Å². The topological polar surface area (TPSA) is 137 Å². The Morgan fingerprint density at radius 3 is 1.81 bits per heavy atom. The van der Waals surface area contributed by atoms with E-state index in [2.05, 4.69) is 0 Å². The van der Waals surface area contributed by atoms with Gasteiger partial charge in [-0.3, -0.25) is 0 Å². The average Bonchev–Trinajstić information content (AvgIpc) is 2.79. The maximum atomic E-state index is 11.2. The van der Waals surface area contributed by atoms with E-state index in [4.69, 9.17) is 14.6 Å². The van der Waals surface area contributed by atoms with E-state index in [1.165, 1.54) is 0 Å². The van der Waals surface area contributed by atoms with Crippen LogP contribution in [0, 0.1) is 0 Å². The van der Waals surface area contributed by atoms with Gasteiger partial charge in [0.15, 0.2) is 6.10 Å². The molecule has 3 rings (SSSR count). The predicted molar refractivity (Wildman–Crippen MR) is 117 cm³/mol. The summed E-state index contributed by atoms with van der Waals surface area (Å²) in [5, 5.41) is 48.5. The Balaban J connectivity index is 1.79. The SMILES string of the molecule is CC=C(C(=CC)c1ccc(OC2OC(C(=O)O)C(O)C(O)C2O)cc1)c1ccc(O)cc1. The lowest BCUT2D eigenvalue weighted by molar-refractivity contribution is -0.271. The van der Waals surface area contributed by atoms with Crippen molar-refractivity contribution in [2.75, 3.05) is 0 Å². The van der Waals surface area contributed by atoms with Crippen LogP contribution in [0.1, 0.15) is 25.0 Å². The summed E-state index contributed by atoms with van der Waals surface area (Å²) in [6.07, 6.45) is -4.40. The molecule has 5 unspecified atom stereocenters. The van der Waals surface area contributed by atoms with E-state index in [1.54, 1.807) is 36.4 Å². The molecular formula is C24H26O8. The molecule has 2 aromatic rings. The molecule has 1 saturated heterocycles. The van der Waals surface area contributed by atoms with E-state index in [9.17, 15) is 25.2 Å². The summed E-state index contributed by atoms with van der Waals surface area (Å²) in [5.41, 5.74) is 3.73. The fourth-order valence-corrected chi connectivity index (χ4v) is 3.59. The number of phenolic OH excluding ortho intramolecular Hbond substituents is 1. The second-order valence-electron chi connectivity index (χ2n) is 7.33. The van der Waals surface area contributed by atoms with Crippen LogP contribution in [0.25, 0.3) is 11.1 Å². The van der Waals surface area contributed by atoms with Gasteiger partial charge in [-0.1, -0.05) is 36.4 Å². The van der Waals surface area contributed by atoms with E-state index < -0.39 is 36.7 Å². The van der Waals surface area contributed by atoms with E-state index in [0.717, 1.165) is 22.3 Å². The van der Waals surface area contributed by atoms with Crippen LogP contribution in [0.4, 0.5) is 0 Å². The Hall–Kier alpha value is -3.17. The van der Waals surface area contributed by atoms with Crippen LogP contribution in [-0.4, -0.2) is 62.2 Å². The quantitative estimate of drug-likeness (QED) is 0.430. The number of carboxylic acid groups (broad SMARTS) is 1. The van der Waals surface area contributed by atoms with Crippen LogP contribution in [0.2, 0.25) is 0 Å². The number of hydrogen-bond donors (Lipinski definition) is 5. The molecule has 8 heteroatoms. The molecule has 8 nitrogen and oxygen atoms in total. The van der Waals surface area contributed by atoms with Gasteiger partial charge < -0.3 is 35.0 Å². The van der Waals surface area contributed by atoms with Crippen molar-refractivity contribution in [1.29, 1.82) is 0 Å². The first-order valence-corrected chi connectivity index (χ1v) is 10.1. The first-order chi connectivity index (χ1) is 15.3. The Kier molecular flexibility index (Phi) is 7.32. The summed E-state index contributed by atoms with van der Waals surface area (Å²) in [6.45, 7) is 3.83. The molecule has 32 heavy (non-hydrogen) atoms. The summed E-state index contributed by atoms with van der Waals surface area (Å²) < 4.78 is 10.7. The molecular weight excluding hydrogens is 416 g/mol. The van der Waals surface area contributed by atoms with Crippen molar-refractivity contribution < 1.29 is 39.8 Å². The highest BCUT2D eigenvalue weighted by Gasteiger charge is 2.48. The number of phenols is 1. The molecule has 5 atom stereocenters. The molecule has 1 heterocycles. The predicted octanol–water partition coefficient (Wildman–Crippen LogP) is 2.17. The Bertz CT molecular complexity index is 994. The first-order valence-electron chi connectivity index (χ1n) is 10.1. The van der Waals surface area contributed by atoms with E-state index >= 15 is 0 Å². The summed E-state index contributed by atoms with van der Waals surface area (Å²) in [7, 11) is 0. The highest BCUT2D eigenvalue weighted by atomic mass is 16.7. The molecule has 0 saturated carbocycles. The minimum Gasteiger partial charge on any atom is -0.508 e. The van der Waals surface area contributed by atoms with Gasteiger partial charge in [-0.25, -0.2) is 4.79 Å². The molecule has 5 N–H and O–H groups in total. The third kappa shape index (κ3) is 4.84. The number of aromatic hydroxyl groups is 1. The molecule has 2 aromatic carbocycles. The third-order valence-corrected chi connectivity index (χ3v) is 5.28. The molecule has 1 aliphatic heterocycles. The lowest BCUT2D eigenvalue weighted by Gasteiger charge is -2.38. The van der Waals surface area contributed by atoms with Gasteiger partial charge in [-0.2, -0.15) is 0 Å². The van der Waals surface area contributed by atoms with E-state index in [0.29, 0.717) is 0 Å². The maximum Gasteiger partial charge on any atom is 0.335 e. The van der Waals surface area contributed by atoms with Crippen LogP contribution in [0.3, 0.4) is 0 Å². The molecule has 0 aliphatic carbocycles. The van der Waals surface area contributed by atoms with Crippen LogP contribution >= 0.6 is 0 Å². The lowest BCUT2D eigenvalue weighted by atomic mass is 9.92. The summed E-state index contributed by atoms with van der Waals surface area (Å²) >= 11 is 0. The highest BCUT2D eigenvalue weighted by molar-refractivity contribution is 6.04. The van der Waals surface area contributed by atoms with Crippen molar-refractivity contribution >= 4 is 17.1 Å². The summed E-state index contributed by atoms with van der Waals surface area (Å²) in [5.74, 6) is -1.01. The molecule has 1 aliphatic rings. The molecule has 170 valence electrons. The zero-order chi connectivity index (χ0) is 23.4. The smallest absolute Gasteiger partial charge is 0.335 e. The lowest BCUT2D eigenvalue weighted by Crippen LogP contribution is -2.61. The van der Waals surface area contributed by atoms with Gasteiger partial charge in [-0.15, -0.1) is 0 Å². The average molecular weight is 442 g/mol. The maximum absolute atomic E-state index is 11.2. The number of aliphatic carboxylic acids is 1. The van der Waals surface area contributed by atoms with Crippen molar-refractivity contribution in [2.45, 2.75) is 44.6 Å².